The highest BCUT2D eigenvalue weighted by molar-refractivity contribution is 9.10. The van der Waals surface area contributed by atoms with E-state index < -0.39 is 16.9 Å². The number of nitrogens with zero attached hydrogens (tertiary/aromatic N) is 2. The van der Waals surface area contributed by atoms with Crippen LogP contribution in [0.1, 0.15) is 12.8 Å². The zero-order chi connectivity index (χ0) is 15.6. The molecule has 0 atom stereocenters. The van der Waals surface area contributed by atoms with Gasteiger partial charge in [0.05, 0.1) is 10.6 Å². The van der Waals surface area contributed by atoms with Crippen molar-refractivity contribution in [1.82, 2.24) is 4.90 Å². The number of hydrogen-bond donors (Lipinski definition) is 2. The smallest absolute Gasteiger partial charge is 0.323 e. The molecule has 0 heterocycles. The van der Waals surface area contributed by atoms with E-state index in [4.69, 9.17) is 5.11 Å². The van der Waals surface area contributed by atoms with Crippen molar-refractivity contribution in [2.24, 2.45) is 0 Å². The second kappa shape index (κ2) is 6.08. The van der Waals surface area contributed by atoms with Gasteiger partial charge < -0.3 is 15.3 Å². The van der Waals surface area contributed by atoms with Gasteiger partial charge in [-0.05, 0) is 34.8 Å². The Morgan fingerprint density at radius 2 is 2.14 bits per heavy atom. The minimum Gasteiger partial charge on any atom is -0.480 e. The number of carbonyl (C=O) groups excluding carboxylic acids is 1. The van der Waals surface area contributed by atoms with E-state index in [1.165, 1.54) is 23.1 Å². The van der Waals surface area contributed by atoms with Crippen LogP contribution < -0.4 is 5.32 Å². The number of hydrogen-bond acceptors (Lipinski definition) is 4. The molecule has 0 saturated heterocycles. The Hall–Kier alpha value is -2.16. The predicted molar refractivity (Wildman–Crippen MR) is 77.2 cm³/mol. The number of halogens is 1. The average Bonchev–Trinajstić information content (AvgIpc) is 3.22. The van der Waals surface area contributed by atoms with Gasteiger partial charge in [0.2, 0.25) is 0 Å². The molecule has 21 heavy (non-hydrogen) atoms. The first-order valence-electron chi connectivity index (χ1n) is 6.12. The van der Waals surface area contributed by atoms with Gasteiger partial charge in [-0.15, -0.1) is 0 Å². The number of carboxylic acid groups (broad SMARTS) is 1. The third-order valence-corrected chi connectivity index (χ3v) is 3.62. The number of carboxylic acids is 1. The van der Waals surface area contributed by atoms with Crippen LogP contribution in [0.5, 0.6) is 0 Å². The second-order valence-corrected chi connectivity index (χ2v) is 5.46. The van der Waals surface area contributed by atoms with Crippen LogP contribution in [0.3, 0.4) is 0 Å². The lowest BCUT2D eigenvalue weighted by atomic mass is 10.3. The summed E-state index contributed by atoms with van der Waals surface area (Å²) in [4.78, 5) is 34.2. The van der Waals surface area contributed by atoms with E-state index in [0.29, 0.717) is 10.2 Å². The number of anilines is 1. The van der Waals surface area contributed by atoms with E-state index in [2.05, 4.69) is 21.2 Å². The topological polar surface area (TPSA) is 113 Å². The molecule has 0 unspecified atom stereocenters. The Balaban J connectivity index is 2.11. The van der Waals surface area contributed by atoms with E-state index in [9.17, 15) is 19.7 Å². The maximum atomic E-state index is 12.1. The monoisotopic (exact) mass is 357 g/mol. The van der Waals surface area contributed by atoms with Crippen molar-refractivity contribution in [3.63, 3.8) is 0 Å². The molecule has 0 aliphatic heterocycles. The summed E-state index contributed by atoms with van der Waals surface area (Å²) in [5.41, 5.74) is 0.242. The lowest BCUT2D eigenvalue weighted by Gasteiger charge is -2.21. The van der Waals surface area contributed by atoms with E-state index >= 15 is 0 Å². The van der Waals surface area contributed by atoms with Gasteiger partial charge in [0, 0.05) is 22.6 Å². The van der Waals surface area contributed by atoms with Crippen molar-refractivity contribution in [1.29, 1.82) is 0 Å². The number of benzene rings is 1. The van der Waals surface area contributed by atoms with Crippen molar-refractivity contribution in [3.8, 4) is 0 Å². The molecule has 1 fully saturated rings. The van der Waals surface area contributed by atoms with Crippen LogP contribution in [0.2, 0.25) is 0 Å². The van der Waals surface area contributed by atoms with Crippen molar-refractivity contribution >= 4 is 39.3 Å². The molecule has 0 bridgehead atoms. The summed E-state index contributed by atoms with van der Waals surface area (Å²) >= 11 is 3.14. The average molecular weight is 358 g/mol. The largest absolute Gasteiger partial charge is 0.480 e. The van der Waals surface area contributed by atoms with Crippen molar-refractivity contribution in [2.75, 3.05) is 11.9 Å². The molecule has 1 aliphatic carbocycles. The molecular weight excluding hydrogens is 346 g/mol. The summed E-state index contributed by atoms with van der Waals surface area (Å²) < 4.78 is 0.358. The van der Waals surface area contributed by atoms with Crippen molar-refractivity contribution in [3.05, 3.63) is 32.8 Å². The number of non-ortho nitro benzene ring substituents is 1. The van der Waals surface area contributed by atoms with Crippen LogP contribution in [0.25, 0.3) is 0 Å². The number of carbonyl (C=O) groups is 2. The summed E-state index contributed by atoms with van der Waals surface area (Å²) in [5.74, 6) is -1.08. The molecule has 2 rings (SSSR count). The fourth-order valence-electron chi connectivity index (χ4n) is 1.80. The van der Waals surface area contributed by atoms with Gasteiger partial charge in [-0.3, -0.25) is 14.9 Å². The Labute approximate surface area is 128 Å². The fraction of sp³-hybridized carbons (Fsp3) is 0.333. The van der Waals surface area contributed by atoms with Gasteiger partial charge in [-0.1, -0.05) is 0 Å². The first-order chi connectivity index (χ1) is 9.88. The number of urea groups is 1. The number of nitro groups is 1. The van der Waals surface area contributed by atoms with Gasteiger partial charge in [-0.2, -0.15) is 0 Å². The lowest BCUT2D eigenvalue weighted by molar-refractivity contribution is -0.384. The number of rotatable bonds is 5. The molecule has 2 N–H and O–H groups in total. The van der Waals surface area contributed by atoms with Gasteiger partial charge in [-0.25, -0.2) is 4.79 Å². The number of nitrogens with one attached hydrogen (secondary N) is 1. The molecule has 9 heteroatoms. The number of amides is 2. The Morgan fingerprint density at radius 1 is 1.48 bits per heavy atom. The standard InChI is InChI=1S/C12H12BrN3O5/c13-9-5-8(16(20)21)3-4-10(9)14-12(19)15(6-11(17)18)7-1-2-7/h3-5,7H,1-2,6H2,(H,14,19)(H,17,18). The summed E-state index contributed by atoms with van der Waals surface area (Å²) in [5, 5.41) is 22.0. The third-order valence-electron chi connectivity index (χ3n) is 2.96. The molecule has 1 saturated carbocycles. The summed E-state index contributed by atoms with van der Waals surface area (Å²) in [6, 6.07) is 3.34. The highest BCUT2D eigenvalue weighted by Crippen LogP contribution is 2.30. The quantitative estimate of drug-likeness (QED) is 0.620. The van der Waals surface area contributed by atoms with Crippen LogP contribution in [0, 0.1) is 10.1 Å². The molecule has 0 spiro atoms. The van der Waals surface area contributed by atoms with E-state index in [0.717, 1.165) is 12.8 Å². The number of nitro benzene ring substituents is 1. The fourth-order valence-corrected chi connectivity index (χ4v) is 2.27. The van der Waals surface area contributed by atoms with Crippen LogP contribution in [-0.2, 0) is 4.79 Å². The van der Waals surface area contributed by atoms with Crippen LogP contribution in [0.4, 0.5) is 16.2 Å². The first-order valence-corrected chi connectivity index (χ1v) is 6.91. The lowest BCUT2D eigenvalue weighted by Crippen LogP contribution is -2.40. The molecule has 1 aromatic rings. The first kappa shape index (κ1) is 15.2. The van der Waals surface area contributed by atoms with Crippen molar-refractivity contribution in [2.45, 2.75) is 18.9 Å². The minimum atomic E-state index is -1.08. The molecular formula is C12H12BrN3O5. The van der Waals surface area contributed by atoms with Gasteiger partial charge in [0.15, 0.2) is 0 Å². The Kier molecular flexibility index (Phi) is 4.41. The van der Waals surface area contributed by atoms with E-state index in [1.54, 1.807) is 0 Å². The number of aliphatic carboxylic acids is 1. The van der Waals surface area contributed by atoms with Gasteiger partial charge >= 0.3 is 12.0 Å². The van der Waals surface area contributed by atoms with Gasteiger partial charge in [0.25, 0.3) is 5.69 Å². The van der Waals surface area contributed by atoms with Crippen molar-refractivity contribution < 1.29 is 19.6 Å². The van der Waals surface area contributed by atoms with E-state index in [1.807, 2.05) is 0 Å². The predicted octanol–water partition coefficient (Wildman–Crippen LogP) is 2.44. The zero-order valence-corrected chi connectivity index (χ0v) is 12.4. The van der Waals surface area contributed by atoms with E-state index in [-0.39, 0.29) is 18.3 Å². The molecule has 1 aromatic carbocycles. The Morgan fingerprint density at radius 3 is 2.62 bits per heavy atom. The molecule has 1 aliphatic rings. The van der Waals surface area contributed by atoms with Crippen LogP contribution in [0.15, 0.2) is 22.7 Å². The highest BCUT2D eigenvalue weighted by atomic mass is 79.9. The molecule has 2 amide bonds. The summed E-state index contributed by atoms with van der Waals surface area (Å²) in [7, 11) is 0. The molecule has 0 radical (unpaired) electrons. The molecule has 112 valence electrons. The SMILES string of the molecule is O=C(O)CN(C(=O)Nc1ccc([N+](=O)[O-])cc1Br)C1CC1. The molecule has 0 aromatic heterocycles. The third kappa shape index (κ3) is 3.91. The minimum absolute atomic E-state index is 0.0575. The normalized spacial score (nSPS) is 13.6. The summed E-state index contributed by atoms with van der Waals surface area (Å²) in [6.07, 6.45) is 1.56. The van der Waals surface area contributed by atoms with Gasteiger partial charge in [0.1, 0.15) is 6.54 Å². The molecule has 8 nitrogen and oxygen atoms in total. The maximum absolute atomic E-state index is 12.1. The van der Waals surface area contributed by atoms with Crippen LogP contribution in [-0.4, -0.2) is 39.5 Å². The highest BCUT2D eigenvalue weighted by Gasteiger charge is 2.34. The Bertz CT molecular complexity index is 603. The second-order valence-electron chi connectivity index (χ2n) is 4.60. The van der Waals surface area contributed by atoms with Crippen LogP contribution >= 0.6 is 15.9 Å². The zero-order valence-electron chi connectivity index (χ0n) is 10.8. The maximum Gasteiger partial charge on any atom is 0.323 e. The summed E-state index contributed by atoms with van der Waals surface area (Å²) in [6.45, 7) is -0.374.